The lowest BCUT2D eigenvalue weighted by atomic mass is 10.1. The van der Waals surface area contributed by atoms with Crippen LogP contribution in [0, 0.1) is 0 Å². The Hall–Kier alpha value is -2.66. The summed E-state index contributed by atoms with van der Waals surface area (Å²) < 4.78 is 5.20. The Morgan fingerprint density at radius 2 is 1.88 bits per heavy atom. The first-order valence-corrected chi connectivity index (χ1v) is 8.74. The highest BCUT2D eigenvalue weighted by molar-refractivity contribution is 6.05. The summed E-state index contributed by atoms with van der Waals surface area (Å²) in [5.41, 5.74) is 4.01. The Morgan fingerprint density at radius 3 is 2.68 bits per heavy atom. The zero-order valence-corrected chi connectivity index (χ0v) is 14.1. The number of aromatic nitrogens is 1. The number of oxazole rings is 1. The lowest BCUT2D eigenvalue weighted by Crippen LogP contribution is -2.29. The standard InChI is InChI=1S/C20H21N3O2/c24-20(16-6-9-19-18(12-16)21-14-25-19)22-17-7-4-15(5-8-17)13-23-10-2-1-3-11-23/h4-9,12,14H,1-3,10-11,13H2,(H,22,24). The van der Waals surface area contributed by atoms with E-state index in [4.69, 9.17) is 4.42 Å². The van der Waals surface area contributed by atoms with Crippen molar-refractivity contribution in [3.8, 4) is 0 Å². The molecule has 0 radical (unpaired) electrons. The molecule has 3 aromatic rings. The first-order chi connectivity index (χ1) is 12.3. The van der Waals surface area contributed by atoms with Gasteiger partial charge in [-0.1, -0.05) is 18.6 Å². The Bertz CT molecular complexity index is 864. The molecule has 2 heterocycles. The number of piperidine rings is 1. The van der Waals surface area contributed by atoms with Gasteiger partial charge < -0.3 is 9.73 Å². The summed E-state index contributed by atoms with van der Waals surface area (Å²) in [6, 6.07) is 13.3. The molecule has 1 aliphatic heterocycles. The van der Waals surface area contributed by atoms with E-state index >= 15 is 0 Å². The van der Waals surface area contributed by atoms with Crippen molar-refractivity contribution in [2.75, 3.05) is 18.4 Å². The van der Waals surface area contributed by atoms with Crippen LogP contribution in [-0.4, -0.2) is 28.9 Å². The predicted molar refractivity (Wildman–Crippen MR) is 97.5 cm³/mol. The summed E-state index contributed by atoms with van der Waals surface area (Å²) >= 11 is 0. The highest BCUT2D eigenvalue weighted by Gasteiger charge is 2.11. The molecule has 1 aromatic heterocycles. The molecule has 2 aromatic carbocycles. The Morgan fingerprint density at radius 1 is 1.08 bits per heavy atom. The number of hydrogen-bond donors (Lipinski definition) is 1. The molecule has 5 heteroatoms. The molecule has 1 saturated heterocycles. The van der Waals surface area contributed by atoms with Crippen molar-refractivity contribution in [3.63, 3.8) is 0 Å². The number of fused-ring (bicyclic) bond motifs is 1. The minimum atomic E-state index is -0.145. The van der Waals surface area contributed by atoms with Crippen LogP contribution in [0.1, 0.15) is 35.2 Å². The van der Waals surface area contributed by atoms with Gasteiger partial charge in [0.25, 0.3) is 5.91 Å². The van der Waals surface area contributed by atoms with Gasteiger partial charge in [-0.25, -0.2) is 4.98 Å². The number of carbonyl (C=O) groups is 1. The maximum Gasteiger partial charge on any atom is 0.255 e. The van der Waals surface area contributed by atoms with Gasteiger partial charge in [-0.15, -0.1) is 0 Å². The quantitative estimate of drug-likeness (QED) is 0.781. The van der Waals surface area contributed by atoms with Crippen molar-refractivity contribution in [1.82, 2.24) is 9.88 Å². The zero-order chi connectivity index (χ0) is 17.1. The smallest absolute Gasteiger partial charge is 0.255 e. The first-order valence-electron chi connectivity index (χ1n) is 8.74. The van der Waals surface area contributed by atoms with Crippen molar-refractivity contribution in [2.24, 2.45) is 0 Å². The maximum absolute atomic E-state index is 12.4. The largest absolute Gasteiger partial charge is 0.443 e. The molecule has 1 amide bonds. The number of benzene rings is 2. The molecule has 0 unspecified atom stereocenters. The number of amides is 1. The highest BCUT2D eigenvalue weighted by Crippen LogP contribution is 2.18. The molecule has 4 rings (SSSR count). The Labute approximate surface area is 146 Å². The van der Waals surface area contributed by atoms with Gasteiger partial charge in [-0.2, -0.15) is 0 Å². The van der Waals surface area contributed by atoms with Crippen molar-refractivity contribution in [1.29, 1.82) is 0 Å². The summed E-state index contributed by atoms with van der Waals surface area (Å²) in [4.78, 5) is 19.0. The molecule has 1 aliphatic rings. The van der Waals surface area contributed by atoms with Crippen LogP contribution in [0.25, 0.3) is 11.1 Å². The fourth-order valence-corrected chi connectivity index (χ4v) is 3.27. The summed E-state index contributed by atoms with van der Waals surface area (Å²) in [5, 5.41) is 2.94. The van der Waals surface area contributed by atoms with Gasteiger partial charge in [-0.05, 0) is 61.8 Å². The van der Waals surface area contributed by atoms with E-state index < -0.39 is 0 Å². The van der Waals surface area contributed by atoms with E-state index in [9.17, 15) is 4.79 Å². The van der Waals surface area contributed by atoms with Gasteiger partial charge in [0.1, 0.15) is 5.52 Å². The second-order valence-electron chi connectivity index (χ2n) is 6.52. The minimum absolute atomic E-state index is 0.145. The van der Waals surface area contributed by atoms with Crippen LogP contribution in [0.15, 0.2) is 53.3 Å². The fourth-order valence-electron chi connectivity index (χ4n) is 3.27. The number of nitrogens with zero attached hydrogens (tertiary/aromatic N) is 2. The number of carbonyl (C=O) groups excluding carboxylic acids is 1. The van der Waals surface area contributed by atoms with Crippen LogP contribution in [0.5, 0.6) is 0 Å². The van der Waals surface area contributed by atoms with Gasteiger partial charge in [0.15, 0.2) is 12.0 Å². The molecular weight excluding hydrogens is 314 g/mol. The van der Waals surface area contributed by atoms with Gasteiger partial charge in [-0.3, -0.25) is 9.69 Å². The molecule has 0 atom stereocenters. The maximum atomic E-state index is 12.4. The number of nitrogens with one attached hydrogen (secondary N) is 1. The number of anilines is 1. The van der Waals surface area contributed by atoms with E-state index in [1.807, 2.05) is 12.1 Å². The van der Waals surface area contributed by atoms with Crippen molar-refractivity contribution in [2.45, 2.75) is 25.8 Å². The Kier molecular flexibility index (Phi) is 4.48. The molecule has 0 spiro atoms. The van der Waals surface area contributed by atoms with E-state index in [0.29, 0.717) is 16.7 Å². The van der Waals surface area contributed by atoms with E-state index in [2.05, 4.69) is 27.3 Å². The fraction of sp³-hybridized carbons (Fsp3) is 0.300. The first kappa shape index (κ1) is 15.8. The van der Waals surface area contributed by atoms with E-state index in [0.717, 1.165) is 12.2 Å². The van der Waals surface area contributed by atoms with Crippen molar-refractivity contribution < 1.29 is 9.21 Å². The molecule has 0 bridgehead atoms. The zero-order valence-electron chi connectivity index (χ0n) is 14.1. The monoisotopic (exact) mass is 335 g/mol. The van der Waals surface area contributed by atoms with E-state index in [1.54, 1.807) is 18.2 Å². The van der Waals surface area contributed by atoms with Crippen molar-refractivity contribution in [3.05, 3.63) is 60.0 Å². The molecule has 1 N–H and O–H groups in total. The number of hydrogen-bond acceptors (Lipinski definition) is 4. The van der Waals surface area contributed by atoms with Crippen molar-refractivity contribution >= 4 is 22.7 Å². The Balaban J connectivity index is 1.40. The highest BCUT2D eigenvalue weighted by atomic mass is 16.3. The normalized spacial score (nSPS) is 15.4. The summed E-state index contributed by atoms with van der Waals surface area (Å²) in [5.74, 6) is -0.145. The third kappa shape index (κ3) is 3.72. The SMILES string of the molecule is O=C(Nc1ccc(CN2CCCCC2)cc1)c1ccc2ocnc2c1. The molecule has 0 saturated carbocycles. The third-order valence-corrected chi connectivity index (χ3v) is 4.66. The third-order valence-electron chi connectivity index (χ3n) is 4.66. The van der Waals surface area contributed by atoms with Crippen LogP contribution in [0.4, 0.5) is 5.69 Å². The average Bonchev–Trinajstić information content (AvgIpc) is 3.12. The minimum Gasteiger partial charge on any atom is -0.443 e. The molecule has 25 heavy (non-hydrogen) atoms. The van der Waals surface area contributed by atoms with Crippen LogP contribution in [0.3, 0.4) is 0 Å². The average molecular weight is 335 g/mol. The second-order valence-corrected chi connectivity index (χ2v) is 6.52. The summed E-state index contributed by atoms with van der Waals surface area (Å²) in [7, 11) is 0. The van der Waals surface area contributed by atoms with Gasteiger partial charge in [0.05, 0.1) is 0 Å². The predicted octanol–water partition coefficient (Wildman–Crippen LogP) is 4.07. The lowest BCUT2D eigenvalue weighted by Gasteiger charge is -2.26. The van der Waals surface area contributed by atoms with Crippen LogP contribution in [-0.2, 0) is 6.54 Å². The number of likely N-dealkylation sites (tertiary alicyclic amines) is 1. The van der Waals surface area contributed by atoms with E-state index in [-0.39, 0.29) is 5.91 Å². The molecule has 128 valence electrons. The summed E-state index contributed by atoms with van der Waals surface area (Å²) in [6.07, 6.45) is 5.32. The molecule has 1 fully saturated rings. The van der Waals surface area contributed by atoms with Gasteiger partial charge >= 0.3 is 0 Å². The summed E-state index contributed by atoms with van der Waals surface area (Å²) in [6.45, 7) is 3.35. The lowest BCUT2D eigenvalue weighted by molar-refractivity contribution is 0.102. The van der Waals surface area contributed by atoms with Gasteiger partial charge in [0.2, 0.25) is 0 Å². The van der Waals surface area contributed by atoms with E-state index in [1.165, 1.54) is 44.3 Å². The van der Waals surface area contributed by atoms with Gasteiger partial charge in [0, 0.05) is 17.8 Å². The topological polar surface area (TPSA) is 58.4 Å². The number of rotatable bonds is 4. The molecule has 5 nitrogen and oxygen atoms in total. The molecular formula is C20H21N3O2. The second kappa shape index (κ2) is 7.07. The molecule has 0 aliphatic carbocycles. The van der Waals surface area contributed by atoms with Crippen LogP contribution in [0.2, 0.25) is 0 Å². The van der Waals surface area contributed by atoms with Crippen LogP contribution < -0.4 is 5.32 Å². The van der Waals surface area contributed by atoms with Crippen LogP contribution >= 0.6 is 0 Å².